The van der Waals surface area contributed by atoms with Crippen molar-refractivity contribution in [2.24, 2.45) is 0 Å². The molecule has 0 aliphatic carbocycles. The van der Waals surface area contributed by atoms with Gasteiger partial charge >= 0.3 is 13.7 Å². The monoisotopic (exact) mass is 1230 g/mol. The molecule has 0 saturated heterocycles. The minimum Gasteiger partial charge on any atom is -0.374 e. The smallest absolute Gasteiger partial charge is 0.333 e. The predicted molar refractivity (Wildman–Crippen MR) is 412 cm³/mol. The van der Waals surface area contributed by atoms with Gasteiger partial charge < -0.3 is 18.1 Å². The van der Waals surface area contributed by atoms with E-state index in [2.05, 4.69) is 332 Å². The number of hydrogen-bond acceptors (Lipinski definition) is 0. The van der Waals surface area contributed by atoms with Gasteiger partial charge in [-0.1, -0.05) is 265 Å². The summed E-state index contributed by atoms with van der Waals surface area (Å²) < 4.78 is 11.0. The van der Waals surface area contributed by atoms with Gasteiger partial charge in [-0.25, -0.2) is 0 Å². The summed E-state index contributed by atoms with van der Waals surface area (Å²) in [7, 11) is 0. The molecule has 0 radical (unpaired) electrons. The minimum atomic E-state index is -0.149. The van der Waals surface area contributed by atoms with Crippen molar-refractivity contribution in [2.75, 3.05) is 0 Å². The van der Waals surface area contributed by atoms with Gasteiger partial charge in [-0.2, -0.15) is 0 Å². The summed E-state index contributed by atoms with van der Waals surface area (Å²) in [6, 6.07) is 90.9. The molecule has 12 aromatic carbocycles. The van der Waals surface area contributed by atoms with E-state index < -0.39 is 0 Å². The van der Waals surface area contributed by atoms with Crippen molar-refractivity contribution in [1.82, 2.24) is 18.1 Å². The molecule has 0 bridgehead atoms. The van der Waals surface area contributed by atoms with Crippen LogP contribution in [0.2, 0.25) is 0 Å². The lowest BCUT2D eigenvalue weighted by Crippen LogP contribution is -2.55. The molecular formula is C90H74B2N4. The van der Waals surface area contributed by atoms with E-state index >= 15 is 0 Å². The first-order valence-electron chi connectivity index (χ1n) is 34.7. The average molecular weight is 1230 g/mol. The Kier molecular flexibility index (Phi) is 11.0. The molecule has 20 rings (SSSR count). The van der Waals surface area contributed by atoms with E-state index in [1.54, 1.807) is 0 Å². The molecule has 8 heterocycles. The SMILES string of the molecule is CC(C)(C)c1ccc(-c2ccc3c(c2)c2cc(-c4ccc(C(C)(C)C)cc4)cc4c2n3-c2cccc3c2B4n2c4c-3cccc4c3c2c2cccc4c2n3B2c3c-4cccc3-n3c4ccc(-c5ccc(C(C)(C)C)cc5)cc4c4cc(-c5ccc(C(C)(C)C)cc5)cc2c43)cc1. The number of para-hydroxylation sites is 2. The molecule has 4 aliphatic heterocycles. The van der Waals surface area contributed by atoms with E-state index in [1.807, 2.05) is 0 Å². The largest absolute Gasteiger partial charge is 0.374 e. The summed E-state index contributed by atoms with van der Waals surface area (Å²) >= 11 is 0. The van der Waals surface area contributed by atoms with Gasteiger partial charge in [0.15, 0.2) is 0 Å². The molecular weight excluding hydrogens is 1160 g/mol. The van der Waals surface area contributed by atoms with Gasteiger partial charge in [-0.05, 0) is 170 Å². The fraction of sp³-hybridized carbons (Fsp3) is 0.178. The van der Waals surface area contributed by atoms with E-state index in [4.69, 9.17) is 0 Å². The van der Waals surface area contributed by atoms with Crippen molar-refractivity contribution in [3.63, 3.8) is 0 Å². The van der Waals surface area contributed by atoms with Crippen molar-refractivity contribution in [3.8, 4) is 78.1 Å². The van der Waals surface area contributed by atoms with Gasteiger partial charge in [0, 0.05) is 65.9 Å². The maximum absolute atomic E-state index is 2.84. The van der Waals surface area contributed by atoms with Gasteiger partial charge in [-0.3, -0.25) is 0 Å². The van der Waals surface area contributed by atoms with Crippen LogP contribution in [0.3, 0.4) is 0 Å². The van der Waals surface area contributed by atoms with Gasteiger partial charge in [0.05, 0.1) is 33.1 Å². The van der Waals surface area contributed by atoms with Crippen LogP contribution in [0.4, 0.5) is 0 Å². The zero-order chi connectivity index (χ0) is 65.1. The second-order valence-electron chi connectivity index (χ2n) is 32.5. The second-order valence-corrected chi connectivity index (χ2v) is 32.5. The first-order chi connectivity index (χ1) is 46.2. The molecule has 4 aromatic heterocycles. The summed E-state index contributed by atoms with van der Waals surface area (Å²) in [6.07, 6.45) is 0. The summed E-state index contributed by atoms with van der Waals surface area (Å²) in [6.45, 7) is 27.4. The van der Waals surface area contributed by atoms with E-state index in [1.165, 1.54) is 199 Å². The fourth-order valence-corrected chi connectivity index (χ4v) is 17.9. The molecule has 4 aliphatic rings. The summed E-state index contributed by atoms with van der Waals surface area (Å²) in [5, 5.41) is 7.69. The molecule has 96 heavy (non-hydrogen) atoms. The quantitative estimate of drug-likeness (QED) is 0.157. The predicted octanol–water partition coefficient (Wildman–Crippen LogP) is 20.7. The normalized spacial score (nSPS) is 13.8. The number of rotatable bonds is 4. The summed E-state index contributed by atoms with van der Waals surface area (Å²) in [5.74, 6) is 0. The molecule has 460 valence electrons. The van der Waals surface area contributed by atoms with E-state index in [0.717, 1.165) is 0 Å². The Hall–Kier alpha value is -10.3. The van der Waals surface area contributed by atoms with Crippen LogP contribution in [0.1, 0.15) is 105 Å². The van der Waals surface area contributed by atoms with Crippen LogP contribution in [0, 0.1) is 0 Å². The van der Waals surface area contributed by atoms with Crippen molar-refractivity contribution in [1.29, 1.82) is 0 Å². The van der Waals surface area contributed by atoms with E-state index in [9.17, 15) is 0 Å². The Labute approximate surface area is 562 Å². The third-order valence-electron chi connectivity index (χ3n) is 22.8. The zero-order valence-corrected chi connectivity index (χ0v) is 56.9. The highest BCUT2D eigenvalue weighted by Gasteiger charge is 2.47. The van der Waals surface area contributed by atoms with E-state index in [0.29, 0.717) is 0 Å². The first kappa shape index (κ1) is 56.1. The lowest BCUT2D eigenvalue weighted by molar-refractivity contribution is 0.590. The van der Waals surface area contributed by atoms with Crippen LogP contribution in [0.25, 0.3) is 155 Å². The average Bonchev–Trinajstić information content (AvgIpc) is 1.46. The van der Waals surface area contributed by atoms with E-state index in [-0.39, 0.29) is 35.4 Å². The second kappa shape index (κ2) is 18.8. The van der Waals surface area contributed by atoms with Crippen molar-refractivity contribution in [3.05, 3.63) is 253 Å². The van der Waals surface area contributed by atoms with Crippen LogP contribution in [0.5, 0.6) is 0 Å². The van der Waals surface area contributed by atoms with Crippen LogP contribution in [-0.4, -0.2) is 31.8 Å². The van der Waals surface area contributed by atoms with Crippen molar-refractivity contribution in [2.45, 2.75) is 105 Å². The molecule has 0 N–H and O–H groups in total. The molecule has 0 spiro atoms. The number of fused-ring (bicyclic) bond motifs is 19. The lowest BCUT2D eigenvalue weighted by atomic mass is 9.45. The van der Waals surface area contributed by atoms with Gasteiger partial charge in [0.2, 0.25) is 0 Å². The molecule has 0 unspecified atom stereocenters. The molecule has 16 aromatic rings. The number of hydrogen-bond donors (Lipinski definition) is 0. The maximum atomic E-state index is 2.84. The third kappa shape index (κ3) is 7.53. The number of benzene rings is 12. The lowest BCUT2D eigenvalue weighted by Gasteiger charge is -2.34. The Morgan fingerprint density at radius 1 is 0.240 bits per heavy atom. The molecule has 0 atom stereocenters. The highest BCUT2D eigenvalue weighted by atomic mass is 15.1. The van der Waals surface area contributed by atoms with Crippen LogP contribution in [-0.2, 0) is 21.7 Å². The van der Waals surface area contributed by atoms with Gasteiger partial charge in [0.1, 0.15) is 0 Å². The molecule has 0 saturated carbocycles. The molecule has 6 heteroatoms. The summed E-state index contributed by atoms with van der Waals surface area (Å²) in [4.78, 5) is 0. The summed E-state index contributed by atoms with van der Waals surface area (Å²) in [5.41, 5.74) is 38.7. The van der Waals surface area contributed by atoms with Crippen LogP contribution >= 0.6 is 0 Å². The molecule has 0 fully saturated rings. The van der Waals surface area contributed by atoms with Crippen LogP contribution in [0.15, 0.2) is 231 Å². The van der Waals surface area contributed by atoms with Gasteiger partial charge in [0.25, 0.3) is 0 Å². The maximum Gasteiger partial charge on any atom is 0.333 e. The topological polar surface area (TPSA) is 19.7 Å². The highest BCUT2D eigenvalue weighted by molar-refractivity contribution is 6.92. The van der Waals surface area contributed by atoms with Gasteiger partial charge in [-0.15, -0.1) is 0 Å². The zero-order valence-electron chi connectivity index (χ0n) is 56.9. The molecule has 0 amide bonds. The Morgan fingerprint density at radius 3 is 0.885 bits per heavy atom. The number of aromatic nitrogens is 4. The standard InChI is InChI=1S/C90H74B2N4/c1-87(2,3)59-35-25-51(26-36-59)55-33-43-75-69(45-55)71-47-57(53-29-39-61(40-30-53)89(7,8)9)49-73-83(71)93(75)77-23-15-17-63-65-19-13-21-67-81(65)95(91(73)79(63)77)85-68-22-14-20-66-64-18-16-24-78-80(64)92(96(82(66)68)86(67)85)74-50-58(54-31-41-62(42-32-54)90(10,11)12)48-72-70-46-56(34-44-76(70)94(78)84(72)74)52-27-37-60(38-28-52)88(4,5)6/h13-50H,1-12H3. The fourth-order valence-electron chi connectivity index (χ4n) is 17.9. The third-order valence-corrected chi connectivity index (χ3v) is 22.8. The Balaban J connectivity index is 0.878. The minimum absolute atomic E-state index is 0.0284. The molecule has 4 nitrogen and oxygen atoms in total. The Morgan fingerprint density at radius 2 is 0.542 bits per heavy atom. The van der Waals surface area contributed by atoms with Crippen molar-refractivity contribution < 1.29 is 0 Å². The first-order valence-corrected chi connectivity index (χ1v) is 34.7. The number of nitrogens with zero attached hydrogens (tertiary/aromatic N) is 4. The van der Waals surface area contributed by atoms with Crippen LogP contribution < -0.4 is 21.9 Å². The Bertz CT molecular complexity index is 5750. The van der Waals surface area contributed by atoms with Crippen molar-refractivity contribution >= 4 is 112 Å². The highest BCUT2D eigenvalue weighted by Crippen LogP contribution is 2.51.